The van der Waals surface area contributed by atoms with E-state index in [4.69, 9.17) is 11.6 Å². The fraction of sp³-hybridized carbons (Fsp3) is 0.154. The number of rotatable bonds is 3. The van der Waals surface area contributed by atoms with Gasteiger partial charge in [0.05, 0.1) is 19.0 Å². The Bertz CT molecular complexity index is 667. The highest BCUT2D eigenvalue weighted by atomic mass is 35.5. The van der Waals surface area contributed by atoms with Crippen LogP contribution in [0.4, 0.5) is 16.2 Å². The minimum Gasteiger partial charge on any atom is -0.464 e. The van der Waals surface area contributed by atoms with Gasteiger partial charge < -0.3 is 15.4 Å². The van der Waals surface area contributed by atoms with Crippen LogP contribution in [-0.4, -0.2) is 28.9 Å². The maximum Gasteiger partial charge on any atom is 0.358 e. The maximum absolute atomic E-state index is 11.9. The van der Waals surface area contributed by atoms with Crippen LogP contribution in [0.1, 0.15) is 10.5 Å². The molecule has 8 heteroatoms. The minimum atomic E-state index is -0.586. The molecule has 0 aliphatic carbocycles. The Kier molecular flexibility index (Phi) is 4.44. The minimum absolute atomic E-state index is 0.156. The average Bonchev–Trinajstić information content (AvgIpc) is 2.81. The first kappa shape index (κ1) is 14.9. The molecule has 0 unspecified atom stereocenters. The van der Waals surface area contributed by atoms with Crippen molar-refractivity contribution in [3.8, 4) is 0 Å². The Hall–Kier alpha value is -2.54. The molecule has 0 bridgehead atoms. The predicted molar refractivity (Wildman–Crippen MR) is 78.6 cm³/mol. The highest BCUT2D eigenvalue weighted by Crippen LogP contribution is 2.17. The largest absolute Gasteiger partial charge is 0.464 e. The zero-order valence-corrected chi connectivity index (χ0v) is 12.1. The van der Waals surface area contributed by atoms with Gasteiger partial charge in [0.15, 0.2) is 5.69 Å². The van der Waals surface area contributed by atoms with Crippen molar-refractivity contribution in [2.45, 2.75) is 0 Å². The van der Waals surface area contributed by atoms with E-state index in [9.17, 15) is 9.59 Å². The summed E-state index contributed by atoms with van der Waals surface area (Å²) >= 11 is 5.76. The SMILES string of the molecule is COC(=O)c1c(NC(=O)Nc2ccc(Cl)cc2)cnn1C. The van der Waals surface area contributed by atoms with Crippen LogP contribution >= 0.6 is 11.6 Å². The molecule has 0 atom stereocenters. The number of hydrogen-bond donors (Lipinski definition) is 2. The van der Waals surface area contributed by atoms with E-state index in [0.717, 1.165) is 0 Å². The van der Waals surface area contributed by atoms with Crippen molar-refractivity contribution < 1.29 is 14.3 Å². The summed E-state index contributed by atoms with van der Waals surface area (Å²) in [5, 5.41) is 9.64. The number of carbonyl (C=O) groups excluding carboxylic acids is 2. The number of hydrogen-bond acceptors (Lipinski definition) is 4. The number of esters is 1. The Morgan fingerprint density at radius 3 is 2.52 bits per heavy atom. The number of anilines is 2. The Balaban J connectivity index is 2.09. The number of benzene rings is 1. The number of aromatic nitrogens is 2. The van der Waals surface area contributed by atoms with Gasteiger partial charge in [-0.1, -0.05) is 11.6 Å². The summed E-state index contributed by atoms with van der Waals surface area (Å²) in [4.78, 5) is 23.5. The molecule has 21 heavy (non-hydrogen) atoms. The van der Waals surface area contributed by atoms with Crippen LogP contribution < -0.4 is 10.6 Å². The molecular formula is C13H13ClN4O3. The topological polar surface area (TPSA) is 85.2 Å². The summed E-state index contributed by atoms with van der Waals surface area (Å²) in [5.41, 5.74) is 0.986. The van der Waals surface area contributed by atoms with E-state index >= 15 is 0 Å². The number of urea groups is 1. The van der Waals surface area contributed by atoms with Crippen molar-refractivity contribution in [1.29, 1.82) is 0 Å². The van der Waals surface area contributed by atoms with Gasteiger partial charge in [-0.3, -0.25) is 4.68 Å². The lowest BCUT2D eigenvalue weighted by Crippen LogP contribution is -2.21. The predicted octanol–water partition coefficient (Wildman–Crippen LogP) is 2.50. The second-order valence-electron chi connectivity index (χ2n) is 4.11. The fourth-order valence-corrected chi connectivity index (χ4v) is 1.81. The lowest BCUT2D eigenvalue weighted by atomic mass is 10.3. The Morgan fingerprint density at radius 1 is 1.24 bits per heavy atom. The van der Waals surface area contributed by atoms with Crippen LogP contribution in [0.3, 0.4) is 0 Å². The second kappa shape index (κ2) is 6.27. The zero-order valence-electron chi connectivity index (χ0n) is 11.4. The molecule has 2 amide bonds. The summed E-state index contributed by atoms with van der Waals surface area (Å²) in [7, 11) is 2.83. The number of aryl methyl sites for hydroxylation is 1. The molecule has 0 spiro atoms. The van der Waals surface area contributed by atoms with E-state index in [2.05, 4.69) is 20.5 Å². The van der Waals surface area contributed by atoms with Crippen LogP contribution in [-0.2, 0) is 11.8 Å². The van der Waals surface area contributed by atoms with Crippen molar-refractivity contribution in [3.05, 3.63) is 41.2 Å². The summed E-state index contributed by atoms with van der Waals surface area (Å²) in [6.07, 6.45) is 1.37. The number of nitrogens with zero attached hydrogens (tertiary/aromatic N) is 2. The van der Waals surface area contributed by atoms with Crippen LogP contribution in [0.15, 0.2) is 30.5 Å². The first-order chi connectivity index (χ1) is 10.0. The van der Waals surface area contributed by atoms with Crippen molar-refractivity contribution in [2.24, 2.45) is 7.05 Å². The molecule has 110 valence electrons. The molecule has 0 fully saturated rings. The summed E-state index contributed by atoms with van der Waals surface area (Å²) in [5.74, 6) is -0.586. The Morgan fingerprint density at radius 2 is 1.90 bits per heavy atom. The number of halogens is 1. The average molecular weight is 309 g/mol. The quantitative estimate of drug-likeness (QED) is 0.853. The molecule has 2 N–H and O–H groups in total. The highest BCUT2D eigenvalue weighted by Gasteiger charge is 2.19. The van der Waals surface area contributed by atoms with E-state index < -0.39 is 12.0 Å². The molecule has 1 heterocycles. The third-order valence-corrected chi connectivity index (χ3v) is 2.92. The lowest BCUT2D eigenvalue weighted by Gasteiger charge is -2.08. The van der Waals surface area contributed by atoms with Crippen LogP contribution in [0.5, 0.6) is 0 Å². The highest BCUT2D eigenvalue weighted by molar-refractivity contribution is 6.30. The zero-order chi connectivity index (χ0) is 15.4. The van der Waals surface area contributed by atoms with E-state index in [1.54, 1.807) is 31.3 Å². The standard InChI is InChI=1S/C13H13ClN4O3/c1-18-11(12(19)21-2)10(7-15-18)17-13(20)16-9-5-3-8(14)4-6-9/h3-7H,1-2H3,(H2,16,17,20). The van der Waals surface area contributed by atoms with Gasteiger partial charge in [-0.15, -0.1) is 0 Å². The smallest absolute Gasteiger partial charge is 0.358 e. The molecule has 0 saturated carbocycles. The summed E-state index contributed by atoms with van der Waals surface area (Å²) in [6.45, 7) is 0. The molecule has 0 saturated heterocycles. The molecule has 2 aromatic rings. The van der Waals surface area contributed by atoms with Gasteiger partial charge in [0, 0.05) is 17.8 Å². The van der Waals surface area contributed by atoms with Gasteiger partial charge in [0.1, 0.15) is 0 Å². The molecule has 1 aromatic carbocycles. The van der Waals surface area contributed by atoms with Crippen molar-refractivity contribution in [2.75, 3.05) is 17.7 Å². The molecule has 7 nitrogen and oxygen atoms in total. The van der Waals surface area contributed by atoms with Crippen molar-refractivity contribution in [1.82, 2.24) is 9.78 Å². The third-order valence-electron chi connectivity index (χ3n) is 2.67. The Labute approximate surface area is 125 Å². The van der Waals surface area contributed by atoms with Crippen LogP contribution in [0.25, 0.3) is 0 Å². The van der Waals surface area contributed by atoms with Gasteiger partial charge in [0.25, 0.3) is 0 Å². The van der Waals surface area contributed by atoms with Crippen LogP contribution in [0.2, 0.25) is 5.02 Å². The summed E-state index contributed by atoms with van der Waals surface area (Å²) in [6, 6.07) is 6.12. The number of amides is 2. The van der Waals surface area contributed by atoms with E-state index in [1.165, 1.54) is 18.0 Å². The van der Waals surface area contributed by atoms with Gasteiger partial charge >= 0.3 is 12.0 Å². The van der Waals surface area contributed by atoms with Gasteiger partial charge in [-0.25, -0.2) is 9.59 Å². The maximum atomic E-state index is 11.9. The number of methoxy groups -OCH3 is 1. The first-order valence-corrected chi connectivity index (χ1v) is 6.33. The van der Waals surface area contributed by atoms with Gasteiger partial charge in [-0.05, 0) is 24.3 Å². The monoisotopic (exact) mass is 308 g/mol. The molecular weight excluding hydrogens is 296 g/mol. The lowest BCUT2D eigenvalue weighted by molar-refractivity contribution is 0.0589. The second-order valence-corrected chi connectivity index (χ2v) is 4.54. The van der Waals surface area contributed by atoms with Crippen molar-refractivity contribution >= 4 is 35.0 Å². The molecule has 1 aromatic heterocycles. The first-order valence-electron chi connectivity index (χ1n) is 5.95. The van der Waals surface area contributed by atoms with E-state index in [-0.39, 0.29) is 11.4 Å². The third kappa shape index (κ3) is 3.51. The van der Waals surface area contributed by atoms with E-state index in [0.29, 0.717) is 10.7 Å². The molecule has 0 aliphatic heterocycles. The van der Waals surface area contributed by atoms with Gasteiger partial charge in [0.2, 0.25) is 0 Å². The number of carbonyl (C=O) groups is 2. The molecule has 0 radical (unpaired) electrons. The number of ether oxygens (including phenoxy) is 1. The van der Waals surface area contributed by atoms with Crippen LogP contribution in [0, 0.1) is 0 Å². The van der Waals surface area contributed by atoms with Crippen molar-refractivity contribution in [3.63, 3.8) is 0 Å². The summed E-state index contributed by atoms with van der Waals surface area (Å²) < 4.78 is 5.97. The fourth-order valence-electron chi connectivity index (χ4n) is 1.69. The number of nitrogens with one attached hydrogen (secondary N) is 2. The molecule has 0 aliphatic rings. The normalized spacial score (nSPS) is 10.0. The molecule has 2 rings (SSSR count). The van der Waals surface area contributed by atoms with E-state index in [1.807, 2.05) is 0 Å². The van der Waals surface area contributed by atoms with Gasteiger partial charge in [-0.2, -0.15) is 5.10 Å².